The molecule has 1 nitrogen and oxygen atoms in total. The maximum Gasteiger partial charge on any atom is 0.159 e. The lowest BCUT2D eigenvalue weighted by Crippen LogP contribution is -2.04. The second-order valence-corrected chi connectivity index (χ2v) is 2.80. The van der Waals surface area contributed by atoms with E-state index in [0.717, 1.165) is 12.1 Å². The van der Waals surface area contributed by atoms with Crippen LogP contribution >= 0.6 is 0 Å². The number of rotatable bonds is 2. The molecule has 0 heterocycles. The number of hydrogen-bond donors (Lipinski definition) is 1. The second-order valence-electron chi connectivity index (χ2n) is 2.80. The van der Waals surface area contributed by atoms with Crippen molar-refractivity contribution in [2.24, 2.45) is 0 Å². The maximum absolute atomic E-state index is 12.6. The maximum atomic E-state index is 12.6. The highest BCUT2D eigenvalue weighted by atomic mass is 19.2. The van der Waals surface area contributed by atoms with E-state index in [4.69, 9.17) is 5.11 Å². The summed E-state index contributed by atoms with van der Waals surface area (Å²) in [6.07, 6.45) is -0.188. The quantitative estimate of drug-likeness (QED) is 0.722. The Balaban J connectivity index is 2.82. The number of aliphatic hydroxyl groups is 1. The fourth-order valence-electron chi connectivity index (χ4n) is 1.01. The molecule has 1 N–H and O–H groups in total. The number of benzene rings is 1. The van der Waals surface area contributed by atoms with Crippen LogP contribution in [0, 0.1) is 11.6 Å². The van der Waals surface area contributed by atoms with Gasteiger partial charge in [-0.1, -0.05) is 6.07 Å². The predicted octanol–water partition coefficient (Wildman–Crippen LogP) is 1.89. The Labute approximate surface area is 69.7 Å². The highest BCUT2D eigenvalue weighted by molar-refractivity contribution is 5.18. The van der Waals surface area contributed by atoms with Crippen LogP contribution in [-0.2, 0) is 6.42 Å². The molecule has 0 bridgehead atoms. The van der Waals surface area contributed by atoms with Gasteiger partial charge in [0.25, 0.3) is 0 Å². The lowest BCUT2D eigenvalue weighted by atomic mass is 10.1. The first-order chi connectivity index (χ1) is 5.59. The van der Waals surface area contributed by atoms with Crippen LogP contribution in [0.2, 0.25) is 0 Å². The van der Waals surface area contributed by atoms with Crippen molar-refractivity contribution < 1.29 is 13.9 Å². The molecule has 0 saturated carbocycles. The van der Waals surface area contributed by atoms with Gasteiger partial charge in [-0.2, -0.15) is 0 Å². The summed E-state index contributed by atoms with van der Waals surface area (Å²) >= 11 is 0. The highest BCUT2D eigenvalue weighted by Gasteiger charge is 2.04. The highest BCUT2D eigenvalue weighted by Crippen LogP contribution is 2.10. The van der Waals surface area contributed by atoms with Gasteiger partial charge in [-0.15, -0.1) is 0 Å². The number of halogens is 2. The average molecular weight is 172 g/mol. The van der Waals surface area contributed by atoms with Crippen LogP contribution in [0.4, 0.5) is 8.78 Å². The molecular weight excluding hydrogens is 162 g/mol. The lowest BCUT2D eigenvalue weighted by molar-refractivity contribution is 0.195. The van der Waals surface area contributed by atoms with Gasteiger partial charge >= 0.3 is 0 Å². The first-order valence-corrected chi connectivity index (χ1v) is 3.71. The Kier molecular flexibility index (Phi) is 2.76. The Morgan fingerprint density at radius 2 is 2.00 bits per heavy atom. The SMILES string of the molecule is C[C@H](O)Cc1ccc(F)c(F)c1. The summed E-state index contributed by atoms with van der Waals surface area (Å²) in [6.45, 7) is 1.60. The first kappa shape index (κ1) is 9.13. The summed E-state index contributed by atoms with van der Waals surface area (Å²) in [5.74, 6) is -1.72. The second kappa shape index (κ2) is 3.63. The smallest absolute Gasteiger partial charge is 0.159 e. The van der Waals surface area contributed by atoms with Gasteiger partial charge in [0.15, 0.2) is 11.6 Å². The van der Waals surface area contributed by atoms with E-state index in [-0.39, 0.29) is 0 Å². The van der Waals surface area contributed by atoms with Crippen LogP contribution in [0.1, 0.15) is 12.5 Å². The predicted molar refractivity (Wildman–Crippen MR) is 41.7 cm³/mol. The summed E-state index contributed by atoms with van der Waals surface area (Å²) in [4.78, 5) is 0. The van der Waals surface area contributed by atoms with Crippen LogP contribution in [0.5, 0.6) is 0 Å². The van der Waals surface area contributed by atoms with Crippen molar-refractivity contribution in [3.05, 3.63) is 35.4 Å². The van der Waals surface area contributed by atoms with Crippen molar-refractivity contribution in [3.63, 3.8) is 0 Å². The molecule has 0 unspecified atom stereocenters. The monoisotopic (exact) mass is 172 g/mol. The zero-order valence-corrected chi connectivity index (χ0v) is 6.72. The zero-order chi connectivity index (χ0) is 9.14. The van der Waals surface area contributed by atoms with Crippen LogP contribution in [0.15, 0.2) is 18.2 Å². The molecule has 1 atom stereocenters. The van der Waals surface area contributed by atoms with Gasteiger partial charge in [0.1, 0.15) is 0 Å². The fraction of sp³-hybridized carbons (Fsp3) is 0.333. The molecule has 1 aromatic carbocycles. The molecule has 1 rings (SSSR count). The molecule has 0 fully saturated rings. The van der Waals surface area contributed by atoms with Crippen molar-refractivity contribution in [3.8, 4) is 0 Å². The largest absolute Gasteiger partial charge is 0.393 e. The number of aliphatic hydroxyl groups excluding tert-OH is 1. The average Bonchev–Trinajstić information content (AvgIpc) is 1.96. The van der Waals surface area contributed by atoms with Gasteiger partial charge in [0, 0.05) is 0 Å². The topological polar surface area (TPSA) is 20.2 Å². The molecule has 0 saturated heterocycles. The molecule has 3 heteroatoms. The fourth-order valence-corrected chi connectivity index (χ4v) is 1.01. The van der Waals surface area contributed by atoms with Crippen LogP contribution in [-0.4, -0.2) is 11.2 Å². The molecule has 0 aliphatic carbocycles. The Hall–Kier alpha value is -0.960. The van der Waals surface area contributed by atoms with E-state index < -0.39 is 17.7 Å². The molecular formula is C9H10F2O. The molecule has 0 aromatic heterocycles. The Morgan fingerprint density at radius 3 is 2.50 bits per heavy atom. The van der Waals surface area contributed by atoms with E-state index in [9.17, 15) is 8.78 Å². The van der Waals surface area contributed by atoms with E-state index in [1.807, 2.05) is 0 Å². The normalized spacial score (nSPS) is 13.0. The van der Waals surface area contributed by atoms with Crippen molar-refractivity contribution >= 4 is 0 Å². The molecule has 0 aliphatic rings. The minimum absolute atomic E-state index is 0.344. The van der Waals surface area contributed by atoms with Crippen molar-refractivity contribution in [2.45, 2.75) is 19.4 Å². The summed E-state index contributed by atoms with van der Waals surface area (Å²) in [5.41, 5.74) is 0.601. The van der Waals surface area contributed by atoms with Gasteiger partial charge < -0.3 is 5.11 Å². The van der Waals surface area contributed by atoms with Gasteiger partial charge in [-0.25, -0.2) is 8.78 Å². The first-order valence-electron chi connectivity index (χ1n) is 3.71. The third-order valence-corrected chi connectivity index (χ3v) is 1.52. The van der Waals surface area contributed by atoms with E-state index in [1.165, 1.54) is 6.07 Å². The Morgan fingerprint density at radius 1 is 1.33 bits per heavy atom. The van der Waals surface area contributed by atoms with Crippen LogP contribution < -0.4 is 0 Å². The molecule has 0 spiro atoms. The zero-order valence-electron chi connectivity index (χ0n) is 6.72. The van der Waals surface area contributed by atoms with Gasteiger partial charge in [-0.3, -0.25) is 0 Å². The van der Waals surface area contributed by atoms with Crippen molar-refractivity contribution in [1.29, 1.82) is 0 Å². The van der Waals surface area contributed by atoms with E-state index in [2.05, 4.69) is 0 Å². The summed E-state index contributed by atoms with van der Waals surface area (Å²) in [7, 11) is 0. The third kappa shape index (κ3) is 2.27. The standard InChI is InChI=1S/C9H10F2O/c1-6(12)4-7-2-3-8(10)9(11)5-7/h2-3,5-6,12H,4H2,1H3/t6-/m0/s1. The molecule has 1 aromatic rings. The molecule has 66 valence electrons. The Bertz CT molecular complexity index is 271. The van der Waals surface area contributed by atoms with Crippen molar-refractivity contribution in [1.82, 2.24) is 0 Å². The molecule has 12 heavy (non-hydrogen) atoms. The third-order valence-electron chi connectivity index (χ3n) is 1.52. The molecule has 0 aliphatic heterocycles. The van der Waals surface area contributed by atoms with Crippen LogP contribution in [0.25, 0.3) is 0 Å². The van der Waals surface area contributed by atoms with E-state index >= 15 is 0 Å². The minimum atomic E-state index is -0.867. The van der Waals surface area contributed by atoms with Gasteiger partial charge in [-0.05, 0) is 31.0 Å². The molecule has 0 amide bonds. The summed E-state index contributed by atoms with van der Waals surface area (Å²) in [5, 5.41) is 8.95. The molecule has 0 radical (unpaired) electrons. The van der Waals surface area contributed by atoms with Crippen molar-refractivity contribution in [2.75, 3.05) is 0 Å². The van der Waals surface area contributed by atoms with Gasteiger partial charge in [0.05, 0.1) is 6.10 Å². The summed E-state index contributed by atoms with van der Waals surface area (Å²) in [6, 6.07) is 3.63. The van der Waals surface area contributed by atoms with E-state index in [1.54, 1.807) is 6.92 Å². The van der Waals surface area contributed by atoms with Gasteiger partial charge in [0.2, 0.25) is 0 Å². The van der Waals surface area contributed by atoms with Crippen LogP contribution in [0.3, 0.4) is 0 Å². The minimum Gasteiger partial charge on any atom is -0.393 e. The van der Waals surface area contributed by atoms with E-state index in [0.29, 0.717) is 12.0 Å². The summed E-state index contributed by atoms with van der Waals surface area (Å²) < 4.78 is 25.0. The number of hydrogen-bond acceptors (Lipinski definition) is 1. The lowest BCUT2D eigenvalue weighted by Gasteiger charge is -2.03.